The Morgan fingerprint density at radius 1 is 1.48 bits per heavy atom. The highest BCUT2D eigenvalue weighted by Crippen LogP contribution is 2.22. The maximum Gasteiger partial charge on any atom is 0.336 e. The predicted molar refractivity (Wildman–Crippen MR) is 80.5 cm³/mol. The van der Waals surface area contributed by atoms with Gasteiger partial charge in [0.1, 0.15) is 11.3 Å². The van der Waals surface area contributed by atoms with E-state index >= 15 is 0 Å². The van der Waals surface area contributed by atoms with Crippen LogP contribution >= 0.6 is 0 Å². The molecule has 2 rings (SSSR count). The molecule has 0 aliphatic heterocycles. The average molecular weight is 287 g/mol. The number of rotatable bonds is 5. The van der Waals surface area contributed by atoms with E-state index in [0.29, 0.717) is 17.9 Å². The number of fused-ring (bicyclic) bond motifs is 1. The van der Waals surface area contributed by atoms with Gasteiger partial charge in [0.15, 0.2) is 6.10 Å². The molecule has 5 heteroatoms. The summed E-state index contributed by atoms with van der Waals surface area (Å²) in [5.74, 6) is 0.234. The summed E-state index contributed by atoms with van der Waals surface area (Å²) in [4.78, 5) is 23.1. The van der Waals surface area contributed by atoms with E-state index in [9.17, 15) is 9.59 Å². The highest BCUT2D eigenvalue weighted by Gasteiger charge is 2.14. The molecule has 110 valence electrons. The summed E-state index contributed by atoms with van der Waals surface area (Å²) in [6, 6.07) is 6.60. The Morgan fingerprint density at radius 3 is 2.95 bits per heavy atom. The fourth-order valence-electron chi connectivity index (χ4n) is 1.95. The van der Waals surface area contributed by atoms with E-state index in [0.717, 1.165) is 10.9 Å². The van der Waals surface area contributed by atoms with Crippen molar-refractivity contribution in [3.63, 3.8) is 0 Å². The minimum atomic E-state index is -0.654. The van der Waals surface area contributed by atoms with Gasteiger partial charge in [-0.1, -0.05) is 6.08 Å². The molecule has 0 aliphatic carbocycles. The zero-order chi connectivity index (χ0) is 15.4. The van der Waals surface area contributed by atoms with Gasteiger partial charge >= 0.3 is 5.63 Å². The van der Waals surface area contributed by atoms with Crippen molar-refractivity contribution in [1.82, 2.24) is 5.32 Å². The van der Waals surface area contributed by atoms with E-state index in [-0.39, 0.29) is 5.91 Å². The number of amides is 1. The zero-order valence-corrected chi connectivity index (χ0v) is 12.0. The fourth-order valence-corrected chi connectivity index (χ4v) is 1.95. The molecule has 21 heavy (non-hydrogen) atoms. The van der Waals surface area contributed by atoms with Crippen LogP contribution in [0, 0.1) is 6.92 Å². The first kappa shape index (κ1) is 14.8. The molecule has 1 atom stereocenters. The number of benzene rings is 1. The van der Waals surface area contributed by atoms with Gasteiger partial charge in [-0.3, -0.25) is 4.79 Å². The summed E-state index contributed by atoms with van der Waals surface area (Å²) in [5, 5.41) is 3.49. The molecule has 1 N–H and O–H groups in total. The maximum atomic E-state index is 11.7. The zero-order valence-electron chi connectivity index (χ0n) is 12.0. The number of ether oxygens (including phenoxy) is 1. The number of carbonyl (C=O) groups is 1. The number of nitrogens with one attached hydrogen (secondary N) is 1. The van der Waals surface area contributed by atoms with Crippen molar-refractivity contribution in [3.8, 4) is 5.75 Å². The molecule has 2 aromatic rings. The lowest BCUT2D eigenvalue weighted by molar-refractivity contribution is -0.127. The normalized spacial score (nSPS) is 11.9. The molecule has 1 aromatic heterocycles. The van der Waals surface area contributed by atoms with Gasteiger partial charge in [-0.15, -0.1) is 6.58 Å². The van der Waals surface area contributed by atoms with Crippen LogP contribution < -0.4 is 15.7 Å². The van der Waals surface area contributed by atoms with Crippen LogP contribution in [0.1, 0.15) is 12.5 Å². The minimum Gasteiger partial charge on any atom is -0.481 e. The summed E-state index contributed by atoms with van der Waals surface area (Å²) in [6.45, 7) is 7.40. The van der Waals surface area contributed by atoms with E-state index in [1.165, 1.54) is 6.07 Å². The Hall–Kier alpha value is -2.56. The highest BCUT2D eigenvalue weighted by atomic mass is 16.5. The lowest BCUT2D eigenvalue weighted by Crippen LogP contribution is -2.36. The van der Waals surface area contributed by atoms with Crippen molar-refractivity contribution in [2.75, 3.05) is 6.54 Å². The van der Waals surface area contributed by atoms with E-state index in [1.807, 2.05) is 6.92 Å². The van der Waals surface area contributed by atoms with Crippen LogP contribution in [0.5, 0.6) is 5.75 Å². The maximum absolute atomic E-state index is 11.7. The van der Waals surface area contributed by atoms with Crippen LogP contribution in [-0.4, -0.2) is 18.6 Å². The second-order valence-corrected chi connectivity index (χ2v) is 4.70. The molecule has 0 fully saturated rings. The third-order valence-electron chi connectivity index (χ3n) is 3.03. The summed E-state index contributed by atoms with van der Waals surface area (Å²) in [5.41, 5.74) is 0.870. The van der Waals surface area contributed by atoms with Gasteiger partial charge in [-0.05, 0) is 31.5 Å². The molecule has 1 unspecified atom stereocenters. The Balaban J connectivity index is 2.21. The van der Waals surface area contributed by atoms with E-state index in [2.05, 4.69) is 11.9 Å². The number of hydrogen-bond donors (Lipinski definition) is 1. The van der Waals surface area contributed by atoms with Crippen molar-refractivity contribution < 1.29 is 13.9 Å². The van der Waals surface area contributed by atoms with Gasteiger partial charge in [0, 0.05) is 24.1 Å². The molecule has 0 saturated heterocycles. The number of hydrogen-bond acceptors (Lipinski definition) is 4. The first-order valence-electron chi connectivity index (χ1n) is 6.61. The highest BCUT2D eigenvalue weighted by molar-refractivity contribution is 5.82. The molecule has 0 saturated carbocycles. The monoisotopic (exact) mass is 287 g/mol. The molecule has 1 aromatic carbocycles. The third kappa shape index (κ3) is 3.51. The molecule has 5 nitrogen and oxygen atoms in total. The van der Waals surface area contributed by atoms with Crippen LogP contribution in [0.25, 0.3) is 11.0 Å². The molecule has 1 amide bonds. The summed E-state index contributed by atoms with van der Waals surface area (Å²) < 4.78 is 10.7. The van der Waals surface area contributed by atoms with Gasteiger partial charge in [0.05, 0.1) is 0 Å². The Labute approximate surface area is 122 Å². The lowest BCUT2D eigenvalue weighted by Gasteiger charge is -2.14. The SMILES string of the molecule is C=CCNC(=O)C(C)Oc1ccc2c(C)cc(=O)oc2c1. The van der Waals surface area contributed by atoms with Gasteiger partial charge in [-0.25, -0.2) is 4.79 Å². The molecular weight excluding hydrogens is 270 g/mol. The molecule has 0 aliphatic rings. The molecule has 1 heterocycles. The Bertz CT molecular complexity index is 733. The minimum absolute atomic E-state index is 0.235. The second kappa shape index (κ2) is 6.26. The first-order valence-corrected chi connectivity index (χ1v) is 6.61. The first-order chi connectivity index (χ1) is 10.0. The van der Waals surface area contributed by atoms with Crippen molar-refractivity contribution >= 4 is 16.9 Å². The topological polar surface area (TPSA) is 68.5 Å². The van der Waals surface area contributed by atoms with Crippen LogP contribution in [0.4, 0.5) is 0 Å². The molecule has 0 spiro atoms. The van der Waals surface area contributed by atoms with Crippen LogP contribution in [-0.2, 0) is 4.79 Å². The largest absolute Gasteiger partial charge is 0.481 e. The van der Waals surface area contributed by atoms with Gasteiger partial charge in [-0.2, -0.15) is 0 Å². The van der Waals surface area contributed by atoms with Crippen LogP contribution in [0.3, 0.4) is 0 Å². The van der Waals surface area contributed by atoms with Crippen LogP contribution in [0.15, 0.2) is 46.1 Å². The van der Waals surface area contributed by atoms with Crippen molar-refractivity contribution in [3.05, 3.63) is 52.9 Å². The lowest BCUT2D eigenvalue weighted by atomic mass is 10.1. The van der Waals surface area contributed by atoms with Crippen molar-refractivity contribution in [2.24, 2.45) is 0 Å². The predicted octanol–water partition coefficient (Wildman–Crippen LogP) is 2.17. The van der Waals surface area contributed by atoms with Crippen molar-refractivity contribution in [2.45, 2.75) is 20.0 Å². The summed E-state index contributed by atoms with van der Waals surface area (Å²) in [6.07, 6.45) is 0.942. The quantitative estimate of drug-likeness (QED) is 0.676. The molecular formula is C16H17NO4. The van der Waals surface area contributed by atoms with Gasteiger partial charge in [0.25, 0.3) is 5.91 Å². The Morgan fingerprint density at radius 2 is 2.24 bits per heavy atom. The molecule has 0 radical (unpaired) electrons. The Kier molecular flexibility index (Phi) is 4.42. The third-order valence-corrected chi connectivity index (χ3v) is 3.03. The van der Waals surface area contributed by atoms with Gasteiger partial charge < -0.3 is 14.5 Å². The summed E-state index contributed by atoms with van der Waals surface area (Å²) >= 11 is 0. The standard InChI is InChI=1S/C16H17NO4/c1-4-7-17-16(19)11(3)20-12-5-6-13-10(2)8-15(18)21-14(13)9-12/h4-6,8-9,11H,1,7H2,2-3H3,(H,17,19). The van der Waals surface area contributed by atoms with E-state index < -0.39 is 11.7 Å². The molecule has 0 bridgehead atoms. The number of carbonyl (C=O) groups excluding carboxylic acids is 1. The second-order valence-electron chi connectivity index (χ2n) is 4.70. The fraction of sp³-hybridized carbons (Fsp3) is 0.250. The van der Waals surface area contributed by atoms with E-state index in [1.54, 1.807) is 31.2 Å². The summed E-state index contributed by atoms with van der Waals surface area (Å²) in [7, 11) is 0. The van der Waals surface area contributed by atoms with Crippen molar-refractivity contribution in [1.29, 1.82) is 0 Å². The average Bonchev–Trinajstić information content (AvgIpc) is 2.44. The van der Waals surface area contributed by atoms with E-state index in [4.69, 9.17) is 9.15 Å². The number of aryl methyl sites for hydroxylation is 1. The van der Waals surface area contributed by atoms with Gasteiger partial charge in [0.2, 0.25) is 0 Å². The smallest absolute Gasteiger partial charge is 0.336 e. The van der Waals surface area contributed by atoms with Crippen LogP contribution in [0.2, 0.25) is 0 Å².